The zero-order valence-electron chi connectivity index (χ0n) is 14.2. The molecule has 0 radical (unpaired) electrons. The van der Waals surface area contributed by atoms with Crippen LogP contribution in [0.1, 0.15) is 48.9 Å². The summed E-state index contributed by atoms with van der Waals surface area (Å²) < 4.78 is 0. The summed E-state index contributed by atoms with van der Waals surface area (Å²) in [6.45, 7) is 1.20. The fourth-order valence-corrected chi connectivity index (χ4v) is 3.65. The van der Waals surface area contributed by atoms with Crippen molar-refractivity contribution >= 4 is 17.8 Å². The molecule has 3 rings (SSSR count). The van der Waals surface area contributed by atoms with Crippen molar-refractivity contribution in [2.75, 3.05) is 13.1 Å². The third-order valence-corrected chi connectivity index (χ3v) is 5.43. The summed E-state index contributed by atoms with van der Waals surface area (Å²) in [5.74, 6) is -1.03. The van der Waals surface area contributed by atoms with Crippen LogP contribution in [0.5, 0.6) is 0 Å². The predicted octanol–water partition coefficient (Wildman–Crippen LogP) is 2.05. The van der Waals surface area contributed by atoms with Gasteiger partial charge in [-0.25, -0.2) is 0 Å². The van der Waals surface area contributed by atoms with E-state index in [1.807, 2.05) is 23.1 Å². The number of nitrogens with one attached hydrogen (secondary N) is 1. The molecular formula is C19H24N2O4. The van der Waals surface area contributed by atoms with Crippen molar-refractivity contribution in [3.63, 3.8) is 0 Å². The van der Waals surface area contributed by atoms with Crippen LogP contribution >= 0.6 is 0 Å². The summed E-state index contributed by atoms with van der Waals surface area (Å²) in [5, 5.41) is 12.3. The number of hydrogen-bond donors (Lipinski definition) is 2. The Balaban J connectivity index is 1.47. The van der Waals surface area contributed by atoms with Crippen LogP contribution in [0, 0.1) is 5.41 Å². The van der Waals surface area contributed by atoms with Crippen LogP contribution in [-0.2, 0) is 9.59 Å². The summed E-state index contributed by atoms with van der Waals surface area (Å²) in [4.78, 5) is 37.8. The van der Waals surface area contributed by atoms with E-state index in [9.17, 15) is 19.5 Å². The van der Waals surface area contributed by atoms with E-state index < -0.39 is 11.4 Å². The Bertz CT molecular complexity index is 647. The van der Waals surface area contributed by atoms with Crippen LogP contribution in [0.3, 0.4) is 0 Å². The van der Waals surface area contributed by atoms with Gasteiger partial charge >= 0.3 is 5.97 Å². The van der Waals surface area contributed by atoms with Gasteiger partial charge in [-0.2, -0.15) is 0 Å². The topological polar surface area (TPSA) is 86.7 Å². The van der Waals surface area contributed by atoms with Gasteiger partial charge in [-0.05, 0) is 37.8 Å². The van der Waals surface area contributed by atoms with Crippen LogP contribution in [0.15, 0.2) is 30.3 Å². The number of benzene rings is 1. The van der Waals surface area contributed by atoms with Crippen LogP contribution in [-0.4, -0.2) is 46.9 Å². The van der Waals surface area contributed by atoms with E-state index in [1.54, 1.807) is 12.1 Å². The fraction of sp³-hybridized carbons (Fsp3) is 0.526. The molecule has 1 aromatic carbocycles. The zero-order valence-corrected chi connectivity index (χ0v) is 14.2. The van der Waals surface area contributed by atoms with Crippen molar-refractivity contribution in [2.45, 2.75) is 44.6 Å². The van der Waals surface area contributed by atoms with E-state index in [0.29, 0.717) is 44.3 Å². The SMILES string of the molecule is O=C(CC1(C(=O)O)CCC1)NC1CCN(C(=O)c2ccccc2)CC1. The molecule has 1 saturated carbocycles. The predicted molar refractivity (Wildman–Crippen MR) is 92.0 cm³/mol. The molecule has 2 amide bonds. The number of hydrogen-bond acceptors (Lipinski definition) is 3. The molecule has 25 heavy (non-hydrogen) atoms. The number of rotatable bonds is 5. The monoisotopic (exact) mass is 344 g/mol. The van der Waals surface area contributed by atoms with Crippen LogP contribution in [0.25, 0.3) is 0 Å². The number of carbonyl (C=O) groups is 3. The molecule has 1 aliphatic heterocycles. The molecule has 2 aliphatic rings. The number of nitrogens with zero attached hydrogens (tertiary/aromatic N) is 1. The molecule has 2 fully saturated rings. The second kappa shape index (κ2) is 7.25. The third kappa shape index (κ3) is 3.83. The molecule has 6 heteroatoms. The van der Waals surface area contributed by atoms with Gasteiger partial charge in [0.05, 0.1) is 5.41 Å². The Morgan fingerprint density at radius 3 is 2.28 bits per heavy atom. The molecule has 0 atom stereocenters. The van der Waals surface area contributed by atoms with Gasteiger partial charge < -0.3 is 15.3 Å². The average Bonchev–Trinajstić information content (AvgIpc) is 2.58. The Kier molecular flexibility index (Phi) is 5.06. The molecule has 0 aromatic heterocycles. The molecular weight excluding hydrogens is 320 g/mol. The first-order valence-electron chi connectivity index (χ1n) is 8.87. The highest BCUT2D eigenvalue weighted by atomic mass is 16.4. The van der Waals surface area contributed by atoms with Gasteiger partial charge in [-0.15, -0.1) is 0 Å². The fourth-order valence-electron chi connectivity index (χ4n) is 3.65. The van der Waals surface area contributed by atoms with Crippen LogP contribution in [0.2, 0.25) is 0 Å². The van der Waals surface area contributed by atoms with E-state index in [4.69, 9.17) is 0 Å². The minimum atomic E-state index is -0.864. The van der Waals surface area contributed by atoms with Crippen molar-refractivity contribution in [3.8, 4) is 0 Å². The van der Waals surface area contributed by atoms with Gasteiger partial charge in [0.15, 0.2) is 0 Å². The zero-order chi connectivity index (χ0) is 17.9. The molecule has 1 aliphatic carbocycles. The number of piperidine rings is 1. The molecule has 0 unspecified atom stereocenters. The average molecular weight is 344 g/mol. The number of carbonyl (C=O) groups excluding carboxylic acids is 2. The molecule has 1 heterocycles. The van der Waals surface area contributed by atoms with Gasteiger partial charge in [0.1, 0.15) is 0 Å². The molecule has 134 valence electrons. The minimum absolute atomic E-state index is 0.0123. The lowest BCUT2D eigenvalue weighted by molar-refractivity contribution is -0.157. The summed E-state index contributed by atoms with van der Waals surface area (Å²) in [6.07, 6.45) is 3.50. The Labute approximate surface area is 147 Å². The molecule has 6 nitrogen and oxygen atoms in total. The normalized spacial score (nSPS) is 19.8. The molecule has 1 aromatic rings. The highest BCUT2D eigenvalue weighted by Crippen LogP contribution is 2.44. The lowest BCUT2D eigenvalue weighted by atomic mass is 9.66. The number of likely N-dealkylation sites (tertiary alicyclic amines) is 1. The lowest BCUT2D eigenvalue weighted by Crippen LogP contribution is -2.49. The largest absolute Gasteiger partial charge is 0.481 e. The van der Waals surface area contributed by atoms with Crippen molar-refractivity contribution in [1.29, 1.82) is 0 Å². The van der Waals surface area contributed by atoms with Crippen LogP contribution < -0.4 is 5.32 Å². The molecule has 1 saturated heterocycles. The highest BCUT2D eigenvalue weighted by Gasteiger charge is 2.46. The molecule has 2 N–H and O–H groups in total. The van der Waals surface area contributed by atoms with E-state index in [-0.39, 0.29) is 24.3 Å². The second-order valence-electron chi connectivity index (χ2n) is 7.12. The maximum atomic E-state index is 12.4. The summed E-state index contributed by atoms with van der Waals surface area (Å²) in [7, 11) is 0. The lowest BCUT2D eigenvalue weighted by Gasteiger charge is -2.38. The maximum absolute atomic E-state index is 12.4. The van der Waals surface area contributed by atoms with Crippen molar-refractivity contribution in [2.24, 2.45) is 5.41 Å². The third-order valence-electron chi connectivity index (χ3n) is 5.43. The number of carboxylic acids is 1. The van der Waals surface area contributed by atoms with Gasteiger partial charge in [0, 0.05) is 31.1 Å². The van der Waals surface area contributed by atoms with Gasteiger partial charge in [-0.1, -0.05) is 24.6 Å². The second-order valence-corrected chi connectivity index (χ2v) is 7.12. The Morgan fingerprint density at radius 2 is 1.76 bits per heavy atom. The first-order chi connectivity index (χ1) is 12.0. The minimum Gasteiger partial charge on any atom is -0.481 e. The smallest absolute Gasteiger partial charge is 0.310 e. The van der Waals surface area contributed by atoms with Crippen molar-refractivity contribution < 1.29 is 19.5 Å². The maximum Gasteiger partial charge on any atom is 0.310 e. The van der Waals surface area contributed by atoms with E-state index in [2.05, 4.69) is 5.32 Å². The van der Waals surface area contributed by atoms with E-state index >= 15 is 0 Å². The highest BCUT2D eigenvalue weighted by molar-refractivity contribution is 5.94. The van der Waals surface area contributed by atoms with Gasteiger partial charge in [0.2, 0.25) is 5.91 Å². The van der Waals surface area contributed by atoms with Crippen molar-refractivity contribution in [1.82, 2.24) is 10.2 Å². The first-order valence-corrected chi connectivity index (χ1v) is 8.87. The van der Waals surface area contributed by atoms with E-state index in [1.165, 1.54) is 0 Å². The Hall–Kier alpha value is -2.37. The standard InChI is InChI=1S/C19H24N2O4/c22-16(13-19(18(24)25)9-4-10-19)20-15-7-11-21(12-8-15)17(23)14-5-2-1-3-6-14/h1-3,5-6,15H,4,7-13H2,(H,20,22)(H,24,25). The Morgan fingerprint density at radius 1 is 1.12 bits per heavy atom. The molecule has 0 spiro atoms. The summed E-state index contributed by atoms with van der Waals surface area (Å²) in [5.41, 5.74) is -0.174. The van der Waals surface area contributed by atoms with Gasteiger partial charge in [0.25, 0.3) is 5.91 Å². The number of aliphatic carboxylic acids is 1. The van der Waals surface area contributed by atoms with Gasteiger partial charge in [-0.3, -0.25) is 14.4 Å². The number of carboxylic acid groups (broad SMARTS) is 1. The quantitative estimate of drug-likeness (QED) is 0.856. The van der Waals surface area contributed by atoms with Crippen molar-refractivity contribution in [3.05, 3.63) is 35.9 Å². The van der Waals surface area contributed by atoms with E-state index in [0.717, 1.165) is 6.42 Å². The summed E-state index contributed by atoms with van der Waals surface area (Å²) in [6, 6.07) is 9.20. The first kappa shape index (κ1) is 17.5. The summed E-state index contributed by atoms with van der Waals surface area (Å²) >= 11 is 0. The number of amides is 2. The van der Waals surface area contributed by atoms with Crippen LogP contribution in [0.4, 0.5) is 0 Å². The molecule has 0 bridgehead atoms.